The Morgan fingerprint density at radius 3 is 2.56 bits per heavy atom. The third kappa shape index (κ3) is 3.27. The number of hydrogen-bond donors (Lipinski definition) is 0. The first-order valence-corrected chi connectivity index (χ1v) is 10.2. The average molecular weight is 370 g/mol. The van der Waals surface area contributed by atoms with E-state index in [1.54, 1.807) is 4.90 Å². The molecule has 27 heavy (non-hydrogen) atoms. The van der Waals surface area contributed by atoms with Gasteiger partial charge in [-0.3, -0.25) is 9.59 Å². The summed E-state index contributed by atoms with van der Waals surface area (Å²) in [6.45, 7) is 4.29. The fourth-order valence-electron chi connectivity index (χ4n) is 5.08. The predicted octanol–water partition coefficient (Wildman–Crippen LogP) is 2.67. The van der Waals surface area contributed by atoms with Crippen LogP contribution in [0.15, 0.2) is 30.3 Å². The molecule has 2 saturated heterocycles. The Labute approximate surface area is 161 Å². The number of carbonyl (C=O) groups is 2. The number of benzene rings is 1. The van der Waals surface area contributed by atoms with E-state index in [9.17, 15) is 9.59 Å². The fourth-order valence-corrected chi connectivity index (χ4v) is 5.08. The smallest absolute Gasteiger partial charge is 0.257 e. The number of nitrogens with zero attached hydrogens (tertiary/aromatic N) is 2. The molecule has 2 amide bonds. The molecule has 1 aromatic carbocycles. The molecule has 1 aliphatic carbocycles. The van der Waals surface area contributed by atoms with Gasteiger partial charge in [0.05, 0.1) is 13.2 Å². The summed E-state index contributed by atoms with van der Waals surface area (Å²) in [6, 6.07) is 10.1. The molecule has 0 N–H and O–H groups in total. The van der Waals surface area contributed by atoms with E-state index < -0.39 is 5.60 Å². The van der Waals surface area contributed by atoms with Gasteiger partial charge in [0.2, 0.25) is 5.91 Å². The maximum absolute atomic E-state index is 13.2. The van der Waals surface area contributed by atoms with E-state index in [2.05, 4.69) is 19.1 Å². The number of morpholine rings is 1. The molecule has 2 unspecified atom stereocenters. The summed E-state index contributed by atoms with van der Waals surface area (Å²) in [4.78, 5) is 30.0. The zero-order valence-corrected chi connectivity index (χ0v) is 16.4. The van der Waals surface area contributed by atoms with Gasteiger partial charge in [0.1, 0.15) is 0 Å². The van der Waals surface area contributed by atoms with Crippen LogP contribution in [0.1, 0.15) is 44.1 Å². The van der Waals surface area contributed by atoms with Gasteiger partial charge in [-0.1, -0.05) is 37.3 Å². The molecule has 0 bridgehead atoms. The van der Waals surface area contributed by atoms with Gasteiger partial charge in [0.15, 0.2) is 5.60 Å². The highest BCUT2D eigenvalue weighted by Crippen LogP contribution is 2.42. The van der Waals surface area contributed by atoms with Crippen molar-refractivity contribution in [2.24, 2.45) is 11.8 Å². The summed E-state index contributed by atoms with van der Waals surface area (Å²) >= 11 is 0. The quantitative estimate of drug-likeness (QED) is 0.804. The van der Waals surface area contributed by atoms with Crippen LogP contribution >= 0.6 is 0 Å². The van der Waals surface area contributed by atoms with Crippen molar-refractivity contribution in [3.63, 3.8) is 0 Å². The number of ether oxygens (including phenoxy) is 1. The number of carbonyl (C=O) groups excluding carboxylic acids is 2. The number of hydrogen-bond acceptors (Lipinski definition) is 3. The Balaban J connectivity index is 1.57. The second-order valence-corrected chi connectivity index (χ2v) is 8.60. The first-order valence-electron chi connectivity index (χ1n) is 10.2. The molecule has 3 aliphatic rings. The van der Waals surface area contributed by atoms with Crippen LogP contribution in [0.25, 0.3) is 0 Å². The lowest BCUT2D eigenvalue weighted by atomic mass is 9.80. The van der Waals surface area contributed by atoms with Gasteiger partial charge in [-0.25, -0.2) is 0 Å². The normalized spacial score (nSPS) is 34.3. The molecule has 2 aliphatic heterocycles. The van der Waals surface area contributed by atoms with Crippen LogP contribution in [-0.2, 0) is 14.3 Å². The Kier molecular flexibility index (Phi) is 4.97. The first kappa shape index (κ1) is 18.5. The minimum absolute atomic E-state index is 0.00567. The molecule has 1 aromatic rings. The lowest BCUT2D eigenvalue weighted by molar-refractivity contribution is -0.169. The summed E-state index contributed by atoms with van der Waals surface area (Å²) in [6.07, 6.45) is 4.20. The molecule has 146 valence electrons. The molecule has 5 nitrogen and oxygen atoms in total. The van der Waals surface area contributed by atoms with Crippen LogP contribution in [0.2, 0.25) is 0 Å². The summed E-state index contributed by atoms with van der Waals surface area (Å²) in [5.74, 6) is 1.02. The van der Waals surface area contributed by atoms with Crippen molar-refractivity contribution in [2.75, 3.05) is 33.3 Å². The number of rotatable bonds is 2. The molecule has 1 spiro atoms. The van der Waals surface area contributed by atoms with Crippen LogP contribution in [0.4, 0.5) is 0 Å². The Bertz CT molecular complexity index is 699. The van der Waals surface area contributed by atoms with Crippen molar-refractivity contribution in [3.8, 4) is 0 Å². The summed E-state index contributed by atoms with van der Waals surface area (Å²) in [5, 5.41) is 0. The molecule has 2 atom stereocenters. The zero-order valence-electron chi connectivity index (χ0n) is 16.4. The van der Waals surface area contributed by atoms with E-state index in [1.165, 1.54) is 0 Å². The topological polar surface area (TPSA) is 49.9 Å². The van der Waals surface area contributed by atoms with Crippen molar-refractivity contribution in [3.05, 3.63) is 35.9 Å². The summed E-state index contributed by atoms with van der Waals surface area (Å²) in [5.41, 5.74) is 0.169. The highest BCUT2D eigenvalue weighted by molar-refractivity contribution is 5.91. The highest BCUT2D eigenvalue weighted by Gasteiger charge is 2.57. The predicted molar refractivity (Wildman–Crippen MR) is 103 cm³/mol. The van der Waals surface area contributed by atoms with Gasteiger partial charge in [-0.05, 0) is 37.2 Å². The van der Waals surface area contributed by atoms with Crippen LogP contribution in [0, 0.1) is 11.8 Å². The van der Waals surface area contributed by atoms with Gasteiger partial charge >= 0.3 is 0 Å². The Morgan fingerprint density at radius 1 is 1.15 bits per heavy atom. The first-order chi connectivity index (χ1) is 13.0. The molecule has 4 rings (SSSR count). The molecule has 5 heteroatoms. The SMILES string of the molecule is CC1CCC(C(=O)N2CCOC3(C2)C(=O)N(C)CC3c2ccccc2)CC1. The second-order valence-electron chi connectivity index (χ2n) is 8.60. The van der Waals surface area contributed by atoms with Crippen LogP contribution in [0.3, 0.4) is 0 Å². The molecule has 0 aromatic heterocycles. The summed E-state index contributed by atoms with van der Waals surface area (Å²) in [7, 11) is 1.83. The van der Waals surface area contributed by atoms with E-state index in [1.807, 2.05) is 30.1 Å². The number of likely N-dealkylation sites (tertiary alicyclic amines) is 1. The number of likely N-dealkylation sites (N-methyl/N-ethyl adjacent to an activating group) is 1. The van der Waals surface area contributed by atoms with Crippen molar-refractivity contribution >= 4 is 11.8 Å². The van der Waals surface area contributed by atoms with Gasteiger partial charge in [0, 0.05) is 32.0 Å². The molecular formula is C22H30N2O3. The molecule has 1 saturated carbocycles. The van der Waals surface area contributed by atoms with E-state index in [4.69, 9.17) is 4.74 Å². The monoisotopic (exact) mass is 370 g/mol. The van der Waals surface area contributed by atoms with E-state index in [0.29, 0.717) is 26.2 Å². The maximum Gasteiger partial charge on any atom is 0.257 e. The standard InChI is InChI=1S/C22H30N2O3/c1-16-8-10-18(11-9-16)20(25)24-12-13-27-22(15-24)19(14-23(2)21(22)26)17-6-4-3-5-7-17/h3-7,16,18-19H,8-15H2,1-2H3. The Hall–Kier alpha value is -1.88. The van der Waals surface area contributed by atoms with Crippen LogP contribution in [-0.4, -0.2) is 60.5 Å². The molecular weight excluding hydrogens is 340 g/mol. The number of amides is 2. The lowest BCUT2D eigenvalue weighted by Gasteiger charge is -2.43. The zero-order chi connectivity index (χ0) is 19.0. The minimum Gasteiger partial charge on any atom is -0.361 e. The summed E-state index contributed by atoms with van der Waals surface area (Å²) < 4.78 is 6.18. The Morgan fingerprint density at radius 2 is 1.85 bits per heavy atom. The van der Waals surface area contributed by atoms with Gasteiger partial charge in [-0.2, -0.15) is 0 Å². The van der Waals surface area contributed by atoms with Crippen molar-refractivity contribution in [2.45, 2.75) is 44.1 Å². The van der Waals surface area contributed by atoms with Crippen molar-refractivity contribution in [1.82, 2.24) is 9.80 Å². The van der Waals surface area contributed by atoms with Crippen LogP contribution in [0.5, 0.6) is 0 Å². The maximum atomic E-state index is 13.2. The highest BCUT2D eigenvalue weighted by atomic mass is 16.5. The molecule has 2 heterocycles. The third-order valence-electron chi connectivity index (χ3n) is 6.75. The van der Waals surface area contributed by atoms with Crippen LogP contribution < -0.4 is 0 Å². The second kappa shape index (κ2) is 7.27. The lowest BCUT2D eigenvalue weighted by Crippen LogP contribution is -2.60. The van der Waals surface area contributed by atoms with Gasteiger partial charge < -0.3 is 14.5 Å². The van der Waals surface area contributed by atoms with E-state index in [-0.39, 0.29) is 23.7 Å². The van der Waals surface area contributed by atoms with Crippen molar-refractivity contribution in [1.29, 1.82) is 0 Å². The van der Waals surface area contributed by atoms with Gasteiger partial charge in [0.25, 0.3) is 5.91 Å². The third-order valence-corrected chi connectivity index (χ3v) is 6.75. The van der Waals surface area contributed by atoms with Gasteiger partial charge in [-0.15, -0.1) is 0 Å². The fraction of sp³-hybridized carbons (Fsp3) is 0.636. The van der Waals surface area contributed by atoms with E-state index >= 15 is 0 Å². The van der Waals surface area contributed by atoms with E-state index in [0.717, 1.165) is 37.2 Å². The molecule has 0 radical (unpaired) electrons. The minimum atomic E-state index is -0.939. The largest absolute Gasteiger partial charge is 0.361 e. The van der Waals surface area contributed by atoms with Crippen molar-refractivity contribution < 1.29 is 14.3 Å². The molecule has 3 fully saturated rings. The average Bonchev–Trinajstić information content (AvgIpc) is 2.94.